The number of anilines is 1. The van der Waals surface area contributed by atoms with Crippen LogP contribution in [0.1, 0.15) is 37.0 Å². The maximum Gasteiger partial charge on any atom is 0.310 e. The molecule has 2 rings (SSSR count). The molecule has 1 saturated heterocycles. The largest absolute Gasteiger partial charge is 0.466 e. The lowest BCUT2D eigenvalue weighted by Crippen LogP contribution is -2.39. The molecule has 0 aliphatic carbocycles. The van der Waals surface area contributed by atoms with E-state index in [4.69, 9.17) is 4.74 Å². The zero-order chi connectivity index (χ0) is 15.4. The van der Waals surface area contributed by atoms with Gasteiger partial charge in [-0.3, -0.25) is 9.59 Å². The molecular formula is C16H20FNO3. The van der Waals surface area contributed by atoms with Gasteiger partial charge >= 0.3 is 5.97 Å². The average molecular weight is 293 g/mol. The first kappa shape index (κ1) is 15.5. The van der Waals surface area contributed by atoms with Crippen LogP contribution in [-0.2, 0) is 9.53 Å². The van der Waals surface area contributed by atoms with E-state index in [0.717, 1.165) is 12.8 Å². The summed E-state index contributed by atoms with van der Waals surface area (Å²) in [5, 5.41) is 0. The van der Waals surface area contributed by atoms with Gasteiger partial charge in [-0.25, -0.2) is 4.39 Å². The predicted octanol–water partition coefficient (Wildman–Crippen LogP) is 2.81. The van der Waals surface area contributed by atoms with Crippen LogP contribution in [0.3, 0.4) is 0 Å². The molecule has 0 N–H and O–H groups in total. The quantitative estimate of drug-likeness (QED) is 0.632. The summed E-state index contributed by atoms with van der Waals surface area (Å²) in [7, 11) is 0. The maximum atomic E-state index is 14.0. The fourth-order valence-electron chi connectivity index (χ4n) is 2.62. The molecule has 0 aromatic heterocycles. The van der Waals surface area contributed by atoms with Gasteiger partial charge in [-0.15, -0.1) is 0 Å². The van der Waals surface area contributed by atoms with Crippen LogP contribution in [0.25, 0.3) is 0 Å². The van der Waals surface area contributed by atoms with E-state index in [1.165, 1.54) is 19.1 Å². The lowest BCUT2D eigenvalue weighted by molar-refractivity contribution is -0.148. The predicted molar refractivity (Wildman–Crippen MR) is 78.0 cm³/mol. The molecule has 0 bridgehead atoms. The number of Topliss-reactive ketones (excluding diaryl/α,β-unsaturated/α-hetero) is 1. The number of hydrogen-bond acceptors (Lipinski definition) is 4. The van der Waals surface area contributed by atoms with Crippen molar-refractivity contribution >= 4 is 17.4 Å². The summed E-state index contributed by atoms with van der Waals surface area (Å²) in [6.07, 6.45) is 1.55. The average Bonchev–Trinajstić information content (AvgIpc) is 2.48. The molecule has 1 fully saturated rings. The highest BCUT2D eigenvalue weighted by Gasteiger charge is 2.28. The van der Waals surface area contributed by atoms with Crippen LogP contribution in [-0.4, -0.2) is 31.4 Å². The number of benzene rings is 1. The van der Waals surface area contributed by atoms with Crippen LogP contribution in [0.4, 0.5) is 10.1 Å². The molecule has 1 atom stereocenters. The Kier molecular flexibility index (Phi) is 4.94. The number of halogens is 1. The van der Waals surface area contributed by atoms with Gasteiger partial charge < -0.3 is 9.64 Å². The smallest absolute Gasteiger partial charge is 0.310 e. The molecule has 114 valence electrons. The van der Waals surface area contributed by atoms with Crippen molar-refractivity contribution < 1.29 is 18.7 Å². The van der Waals surface area contributed by atoms with Crippen LogP contribution in [0.5, 0.6) is 0 Å². The summed E-state index contributed by atoms with van der Waals surface area (Å²) < 4.78 is 19.1. The third kappa shape index (κ3) is 3.60. The van der Waals surface area contributed by atoms with Crippen molar-refractivity contribution in [3.63, 3.8) is 0 Å². The standard InChI is InChI=1S/C16H20FNO3/c1-3-21-16(20)13-5-4-8-18(10-13)15-9-12(11(2)19)6-7-14(15)17/h6-7,9,13H,3-5,8,10H2,1-2H3. The topological polar surface area (TPSA) is 46.6 Å². The highest BCUT2D eigenvalue weighted by atomic mass is 19.1. The van der Waals surface area contributed by atoms with Crippen molar-refractivity contribution in [3.8, 4) is 0 Å². The van der Waals surface area contributed by atoms with Crippen LogP contribution in [0.2, 0.25) is 0 Å². The molecule has 1 aromatic rings. The minimum Gasteiger partial charge on any atom is -0.466 e. The van der Waals surface area contributed by atoms with E-state index < -0.39 is 0 Å². The zero-order valence-electron chi connectivity index (χ0n) is 12.4. The molecule has 1 aromatic carbocycles. The number of rotatable bonds is 4. The van der Waals surface area contributed by atoms with Gasteiger partial charge in [0.2, 0.25) is 0 Å². The van der Waals surface area contributed by atoms with Gasteiger partial charge in [0.1, 0.15) is 5.82 Å². The molecule has 0 saturated carbocycles. The number of carbonyl (C=O) groups is 2. The van der Waals surface area contributed by atoms with E-state index in [2.05, 4.69) is 0 Å². The van der Waals surface area contributed by atoms with Crippen molar-refractivity contribution in [1.29, 1.82) is 0 Å². The molecule has 0 radical (unpaired) electrons. The van der Waals surface area contributed by atoms with Crippen molar-refractivity contribution in [2.75, 3.05) is 24.6 Å². The number of piperidine rings is 1. The summed E-state index contributed by atoms with van der Waals surface area (Å²) in [5.74, 6) is -0.941. The van der Waals surface area contributed by atoms with Gasteiger partial charge in [-0.05, 0) is 44.9 Å². The van der Waals surface area contributed by atoms with Crippen molar-refractivity contribution in [1.82, 2.24) is 0 Å². The van der Waals surface area contributed by atoms with E-state index in [-0.39, 0.29) is 23.5 Å². The number of ketones is 1. The minimum absolute atomic E-state index is 0.102. The van der Waals surface area contributed by atoms with E-state index in [9.17, 15) is 14.0 Å². The van der Waals surface area contributed by atoms with Gasteiger partial charge in [0.15, 0.2) is 5.78 Å². The van der Waals surface area contributed by atoms with Gasteiger partial charge in [-0.1, -0.05) is 0 Å². The first-order chi connectivity index (χ1) is 10.0. The third-order valence-electron chi connectivity index (χ3n) is 3.73. The van der Waals surface area contributed by atoms with Crippen LogP contribution in [0, 0.1) is 11.7 Å². The highest BCUT2D eigenvalue weighted by Crippen LogP contribution is 2.27. The first-order valence-electron chi connectivity index (χ1n) is 7.25. The second-order valence-electron chi connectivity index (χ2n) is 5.26. The molecule has 1 aliphatic rings. The summed E-state index contributed by atoms with van der Waals surface area (Å²) in [6.45, 7) is 4.68. The second kappa shape index (κ2) is 6.70. The van der Waals surface area contributed by atoms with E-state index in [0.29, 0.717) is 30.9 Å². The number of carbonyl (C=O) groups excluding carboxylic acids is 2. The van der Waals surface area contributed by atoms with Gasteiger partial charge in [-0.2, -0.15) is 0 Å². The molecule has 0 spiro atoms. The Morgan fingerprint density at radius 1 is 1.43 bits per heavy atom. The normalized spacial score (nSPS) is 18.4. The number of hydrogen-bond donors (Lipinski definition) is 0. The molecule has 1 aliphatic heterocycles. The Hall–Kier alpha value is -1.91. The molecule has 5 heteroatoms. The van der Waals surface area contributed by atoms with Crippen molar-refractivity contribution in [2.24, 2.45) is 5.92 Å². The van der Waals surface area contributed by atoms with Crippen molar-refractivity contribution in [3.05, 3.63) is 29.6 Å². The minimum atomic E-state index is -0.371. The van der Waals surface area contributed by atoms with Crippen LogP contribution < -0.4 is 4.90 Å². The Morgan fingerprint density at radius 2 is 2.19 bits per heavy atom. The summed E-state index contributed by atoms with van der Waals surface area (Å²) in [5.41, 5.74) is 0.862. The van der Waals surface area contributed by atoms with Gasteiger partial charge in [0.25, 0.3) is 0 Å². The van der Waals surface area contributed by atoms with Crippen LogP contribution >= 0.6 is 0 Å². The molecule has 1 heterocycles. The molecule has 1 unspecified atom stereocenters. The number of nitrogens with zero attached hydrogens (tertiary/aromatic N) is 1. The second-order valence-corrected chi connectivity index (χ2v) is 5.26. The van der Waals surface area contributed by atoms with Gasteiger partial charge in [0, 0.05) is 18.7 Å². The fraction of sp³-hybridized carbons (Fsp3) is 0.500. The Morgan fingerprint density at radius 3 is 2.86 bits per heavy atom. The van der Waals surface area contributed by atoms with E-state index in [1.54, 1.807) is 13.0 Å². The number of esters is 1. The summed E-state index contributed by atoms with van der Waals surface area (Å²) in [6, 6.07) is 4.35. The van der Waals surface area contributed by atoms with E-state index in [1.807, 2.05) is 4.90 Å². The Labute approximate surface area is 123 Å². The maximum absolute atomic E-state index is 14.0. The molecule has 21 heavy (non-hydrogen) atoms. The lowest BCUT2D eigenvalue weighted by Gasteiger charge is -2.33. The zero-order valence-corrected chi connectivity index (χ0v) is 12.4. The third-order valence-corrected chi connectivity index (χ3v) is 3.73. The molecule has 0 amide bonds. The molecular weight excluding hydrogens is 273 g/mol. The number of ether oxygens (including phenoxy) is 1. The van der Waals surface area contributed by atoms with Crippen molar-refractivity contribution in [2.45, 2.75) is 26.7 Å². The fourth-order valence-corrected chi connectivity index (χ4v) is 2.62. The summed E-state index contributed by atoms with van der Waals surface area (Å²) in [4.78, 5) is 25.1. The lowest BCUT2D eigenvalue weighted by atomic mass is 9.97. The highest BCUT2D eigenvalue weighted by molar-refractivity contribution is 5.95. The first-order valence-corrected chi connectivity index (χ1v) is 7.25. The monoisotopic (exact) mass is 293 g/mol. The molecule has 4 nitrogen and oxygen atoms in total. The van der Waals surface area contributed by atoms with Gasteiger partial charge in [0.05, 0.1) is 18.2 Å². The Balaban J connectivity index is 2.19. The van der Waals surface area contributed by atoms with Crippen LogP contribution in [0.15, 0.2) is 18.2 Å². The SMILES string of the molecule is CCOC(=O)C1CCCN(c2cc(C(C)=O)ccc2F)C1. The van der Waals surface area contributed by atoms with E-state index >= 15 is 0 Å². The Bertz CT molecular complexity index is 544. The summed E-state index contributed by atoms with van der Waals surface area (Å²) >= 11 is 0.